The molecule has 0 fully saturated rings. The van der Waals surface area contributed by atoms with Gasteiger partial charge in [0.1, 0.15) is 0 Å². The molecule has 0 aliphatic rings. The lowest BCUT2D eigenvalue weighted by atomic mass is 10.1. The number of aliphatic imine (C=N–C) groups is 1. The molecule has 2 amide bonds. The van der Waals surface area contributed by atoms with Crippen LogP contribution in [0, 0.1) is 0 Å². The standard InChI is InChI=1S/C19H31N5O2/c1-5-21-19(23-12-10-17(25)24-14(2)3)22-11-9-15-7-6-8-16(13-15)18(26)20-4/h6-8,13-14H,5,9-12H2,1-4H3,(H,20,26)(H,24,25)(H2,21,22,23). The summed E-state index contributed by atoms with van der Waals surface area (Å²) >= 11 is 0. The number of carbonyl (C=O) groups is 2. The highest BCUT2D eigenvalue weighted by atomic mass is 16.2. The van der Waals surface area contributed by atoms with Crippen molar-refractivity contribution in [3.8, 4) is 0 Å². The Morgan fingerprint density at radius 3 is 2.62 bits per heavy atom. The predicted molar refractivity (Wildman–Crippen MR) is 105 cm³/mol. The van der Waals surface area contributed by atoms with Crippen LogP contribution in [0.1, 0.15) is 43.1 Å². The minimum atomic E-state index is -0.0885. The summed E-state index contributed by atoms with van der Waals surface area (Å²) in [6.07, 6.45) is 1.13. The van der Waals surface area contributed by atoms with Crippen molar-refractivity contribution in [3.05, 3.63) is 35.4 Å². The van der Waals surface area contributed by atoms with E-state index < -0.39 is 0 Å². The fourth-order valence-electron chi connectivity index (χ4n) is 2.34. The van der Waals surface area contributed by atoms with E-state index in [1.165, 1.54) is 0 Å². The maximum absolute atomic E-state index is 11.7. The summed E-state index contributed by atoms with van der Waals surface area (Å²) < 4.78 is 0. The smallest absolute Gasteiger partial charge is 0.251 e. The molecule has 0 saturated heterocycles. The molecule has 0 aromatic heterocycles. The normalized spacial score (nSPS) is 11.2. The molecule has 0 aliphatic heterocycles. The van der Waals surface area contributed by atoms with Gasteiger partial charge >= 0.3 is 0 Å². The number of nitrogens with one attached hydrogen (secondary N) is 4. The van der Waals surface area contributed by atoms with Crippen LogP contribution in [0.2, 0.25) is 0 Å². The largest absolute Gasteiger partial charge is 0.357 e. The number of hydrogen-bond acceptors (Lipinski definition) is 3. The van der Waals surface area contributed by atoms with Crippen LogP contribution in [0.25, 0.3) is 0 Å². The second kappa shape index (κ2) is 11.9. The van der Waals surface area contributed by atoms with Crippen LogP contribution in [-0.4, -0.2) is 50.5 Å². The molecule has 0 spiro atoms. The van der Waals surface area contributed by atoms with E-state index in [1.807, 2.05) is 39.0 Å². The zero-order chi connectivity index (χ0) is 19.4. The number of nitrogens with zero attached hydrogens (tertiary/aromatic N) is 1. The van der Waals surface area contributed by atoms with Gasteiger partial charge in [0.25, 0.3) is 5.91 Å². The highest BCUT2D eigenvalue weighted by Crippen LogP contribution is 2.05. The summed E-state index contributed by atoms with van der Waals surface area (Å²) in [5.41, 5.74) is 1.73. The number of rotatable bonds is 9. The quantitative estimate of drug-likeness (QED) is 0.391. The molecule has 0 unspecified atom stereocenters. The molecule has 4 N–H and O–H groups in total. The Bertz CT molecular complexity index is 614. The molecule has 7 heteroatoms. The number of benzene rings is 1. The van der Waals surface area contributed by atoms with Crippen LogP contribution >= 0.6 is 0 Å². The van der Waals surface area contributed by atoms with Gasteiger partial charge in [-0.05, 0) is 44.9 Å². The molecule has 0 aliphatic carbocycles. The van der Waals surface area contributed by atoms with Crippen LogP contribution in [0.3, 0.4) is 0 Å². The Hall–Kier alpha value is -2.57. The van der Waals surface area contributed by atoms with Crippen molar-refractivity contribution in [2.24, 2.45) is 4.99 Å². The minimum absolute atomic E-state index is 0.00520. The van der Waals surface area contributed by atoms with Crippen LogP contribution < -0.4 is 21.3 Å². The number of guanidine groups is 1. The van der Waals surface area contributed by atoms with E-state index in [1.54, 1.807) is 13.1 Å². The van der Waals surface area contributed by atoms with E-state index in [2.05, 4.69) is 26.3 Å². The van der Waals surface area contributed by atoms with Gasteiger partial charge in [-0.3, -0.25) is 14.6 Å². The molecular weight excluding hydrogens is 330 g/mol. The summed E-state index contributed by atoms with van der Waals surface area (Å²) in [7, 11) is 1.62. The molecule has 26 heavy (non-hydrogen) atoms. The van der Waals surface area contributed by atoms with Gasteiger partial charge in [-0.2, -0.15) is 0 Å². The van der Waals surface area contributed by atoms with Crippen LogP contribution in [0.4, 0.5) is 0 Å². The summed E-state index contributed by atoms with van der Waals surface area (Å²) in [6, 6.07) is 7.70. The van der Waals surface area contributed by atoms with E-state index in [0.717, 1.165) is 18.5 Å². The van der Waals surface area contributed by atoms with Gasteiger partial charge < -0.3 is 21.3 Å². The van der Waals surface area contributed by atoms with Crippen LogP contribution in [0.15, 0.2) is 29.3 Å². The third kappa shape index (κ3) is 8.50. The maximum Gasteiger partial charge on any atom is 0.251 e. The van der Waals surface area contributed by atoms with Gasteiger partial charge in [-0.1, -0.05) is 12.1 Å². The number of hydrogen-bond donors (Lipinski definition) is 4. The Balaban J connectivity index is 2.49. The third-order valence-electron chi connectivity index (χ3n) is 3.53. The van der Waals surface area contributed by atoms with Gasteiger partial charge in [0.2, 0.25) is 5.91 Å². The van der Waals surface area contributed by atoms with Crippen molar-refractivity contribution in [1.82, 2.24) is 21.3 Å². The summed E-state index contributed by atoms with van der Waals surface area (Å²) in [6.45, 7) is 7.73. The molecule has 1 aromatic rings. The number of amides is 2. The first-order valence-electron chi connectivity index (χ1n) is 9.08. The maximum atomic E-state index is 11.7. The lowest BCUT2D eigenvalue weighted by Gasteiger charge is -2.12. The van der Waals surface area contributed by atoms with E-state index in [0.29, 0.717) is 31.0 Å². The van der Waals surface area contributed by atoms with E-state index in [-0.39, 0.29) is 17.9 Å². The molecule has 0 atom stereocenters. The fourth-order valence-corrected chi connectivity index (χ4v) is 2.34. The van der Waals surface area contributed by atoms with Crippen molar-refractivity contribution in [2.45, 2.75) is 39.7 Å². The summed E-state index contributed by atoms with van der Waals surface area (Å²) in [5.74, 6) is 0.604. The van der Waals surface area contributed by atoms with Gasteiger partial charge in [0, 0.05) is 38.2 Å². The second-order valence-electron chi connectivity index (χ2n) is 6.19. The second-order valence-corrected chi connectivity index (χ2v) is 6.19. The third-order valence-corrected chi connectivity index (χ3v) is 3.53. The molecule has 0 radical (unpaired) electrons. The zero-order valence-corrected chi connectivity index (χ0v) is 16.2. The molecule has 0 bridgehead atoms. The van der Waals surface area contributed by atoms with Crippen molar-refractivity contribution >= 4 is 17.8 Å². The highest BCUT2D eigenvalue weighted by molar-refractivity contribution is 5.94. The first-order valence-corrected chi connectivity index (χ1v) is 9.08. The van der Waals surface area contributed by atoms with Crippen molar-refractivity contribution in [1.29, 1.82) is 0 Å². The molecule has 1 rings (SSSR count). The fraction of sp³-hybridized carbons (Fsp3) is 0.526. The van der Waals surface area contributed by atoms with Crippen molar-refractivity contribution < 1.29 is 9.59 Å². The number of carbonyl (C=O) groups excluding carboxylic acids is 2. The Morgan fingerprint density at radius 2 is 1.96 bits per heavy atom. The Kier molecular flexibility index (Phi) is 9.82. The average Bonchev–Trinajstić information content (AvgIpc) is 2.60. The van der Waals surface area contributed by atoms with Crippen LogP contribution in [0.5, 0.6) is 0 Å². The van der Waals surface area contributed by atoms with Crippen molar-refractivity contribution in [3.63, 3.8) is 0 Å². The first kappa shape index (κ1) is 21.5. The first-order chi connectivity index (χ1) is 12.5. The molecule has 0 saturated carbocycles. The molecule has 7 nitrogen and oxygen atoms in total. The lowest BCUT2D eigenvalue weighted by molar-refractivity contribution is -0.121. The molecule has 1 aromatic carbocycles. The van der Waals surface area contributed by atoms with E-state index in [4.69, 9.17) is 0 Å². The SMILES string of the molecule is CCNC(=NCCC(=O)NC(C)C)NCCc1cccc(C(=O)NC)c1. The van der Waals surface area contributed by atoms with Crippen molar-refractivity contribution in [2.75, 3.05) is 26.7 Å². The van der Waals surface area contributed by atoms with Gasteiger partial charge in [-0.15, -0.1) is 0 Å². The monoisotopic (exact) mass is 361 g/mol. The summed E-state index contributed by atoms with van der Waals surface area (Å²) in [5, 5.41) is 11.9. The predicted octanol–water partition coefficient (Wildman–Crippen LogP) is 1.06. The Labute approximate surface area is 156 Å². The topological polar surface area (TPSA) is 94.6 Å². The molecule has 0 heterocycles. The minimum Gasteiger partial charge on any atom is -0.357 e. The zero-order valence-electron chi connectivity index (χ0n) is 16.2. The molecule has 144 valence electrons. The Morgan fingerprint density at radius 1 is 1.19 bits per heavy atom. The van der Waals surface area contributed by atoms with Gasteiger partial charge in [0.05, 0.1) is 6.54 Å². The average molecular weight is 361 g/mol. The van der Waals surface area contributed by atoms with E-state index in [9.17, 15) is 9.59 Å². The summed E-state index contributed by atoms with van der Waals surface area (Å²) in [4.78, 5) is 27.8. The van der Waals surface area contributed by atoms with E-state index >= 15 is 0 Å². The highest BCUT2D eigenvalue weighted by Gasteiger charge is 2.05. The van der Waals surface area contributed by atoms with Gasteiger partial charge in [0.15, 0.2) is 5.96 Å². The van der Waals surface area contributed by atoms with Crippen LogP contribution in [-0.2, 0) is 11.2 Å². The molecular formula is C19H31N5O2. The van der Waals surface area contributed by atoms with Gasteiger partial charge in [-0.25, -0.2) is 0 Å². The lowest BCUT2D eigenvalue weighted by Crippen LogP contribution is -2.38.